The van der Waals surface area contributed by atoms with Crippen LogP contribution in [0.3, 0.4) is 0 Å². The lowest BCUT2D eigenvalue weighted by Crippen LogP contribution is -1.89. The zero-order valence-electron chi connectivity index (χ0n) is 20.4. The van der Waals surface area contributed by atoms with Crippen molar-refractivity contribution in [3.8, 4) is 41.8 Å². The van der Waals surface area contributed by atoms with Gasteiger partial charge in [0.15, 0.2) is 0 Å². The van der Waals surface area contributed by atoms with Crippen LogP contribution >= 0.6 is 34.4 Å². The highest BCUT2D eigenvalue weighted by Crippen LogP contribution is 2.42. The molecule has 0 aliphatic carbocycles. The van der Waals surface area contributed by atoms with Gasteiger partial charge >= 0.3 is 0 Å². The molecule has 6 aromatic rings. The maximum Gasteiger partial charge on any atom is 0.132 e. The summed E-state index contributed by atoms with van der Waals surface area (Å²) in [5.41, 5.74) is 6.91. The molecule has 6 heteroatoms. The minimum absolute atomic E-state index is 0.148. The number of aromatic nitrogens is 2. The van der Waals surface area contributed by atoms with Crippen molar-refractivity contribution in [2.75, 3.05) is 0 Å². The Morgan fingerprint density at radius 3 is 1.89 bits per heavy atom. The minimum Gasteiger partial charge on any atom is -0.206 e. The number of hydrogen-bond acceptors (Lipinski definition) is 5. The molecule has 3 aromatic carbocycles. The van der Waals surface area contributed by atoms with Crippen LogP contribution in [0, 0.1) is 5.82 Å². The van der Waals surface area contributed by atoms with Gasteiger partial charge in [-0.05, 0) is 54.3 Å². The molecule has 0 N–H and O–H groups in total. The summed E-state index contributed by atoms with van der Waals surface area (Å²) in [5.74, 6) is -0.148. The van der Waals surface area contributed by atoms with Crippen LogP contribution in [0.2, 0.25) is 0 Å². The number of hydrogen-bond donors (Lipinski definition) is 0. The number of benzene rings is 3. The van der Waals surface area contributed by atoms with Crippen LogP contribution in [0.5, 0.6) is 0 Å². The van der Waals surface area contributed by atoms with Gasteiger partial charge in [0.05, 0.1) is 11.7 Å². The van der Waals surface area contributed by atoms with Gasteiger partial charge in [-0.3, -0.25) is 0 Å². The summed E-state index contributed by atoms with van der Waals surface area (Å²) in [6.45, 7) is 2.19. The molecule has 6 rings (SSSR count). The first-order valence-corrected chi connectivity index (χ1v) is 14.9. The fourth-order valence-corrected chi connectivity index (χ4v) is 7.30. The van der Waals surface area contributed by atoms with Crippen molar-refractivity contribution in [2.45, 2.75) is 32.6 Å². The lowest BCUT2D eigenvalue weighted by molar-refractivity contribution is 0.627. The molecule has 3 aromatic heterocycles. The molecule has 0 amide bonds. The highest BCUT2D eigenvalue weighted by Gasteiger charge is 2.17. The molecular weight excluding hydrogens is 516 g/mol. The van der Waals surface area contributed by atoms with Crippen molar-refractivity contribution in [1.82, 2.24) is 8.75 Å². The number of nitrogens with zero attached hydrogens (tertiary/aromatic N) is 2. The van der Waals surface area contributed by atoms with Gasteiger partial charge < -0.3 is 0 Å². The van der Waals surface area contributed by atoms with Gasteiger partial charge in [0.2, 0.25) is 0 Å². The van der Waals surface area contributed by atoms with Crippen molar-refractivity contribution in [1.29, 1.82) is 0 Å². The van der Waals surface area contributed by atoms with Gasteiger partial charge in [-0.2, -0.15) is 8.75 Å². The summed E-state index contributed by atoms with van der Waals surface area (Å²) >= 11 is 4.61. The van der Waals surface area contributed by atoms with E-state index >= 15 is 4.39 Å². The average Bonchev–Trinajstić information content (AvgIpc) is 3.70. The lowest BCUT2D eigenvalue weighted by Gasteiger charge is -2.05. The van der Waals surface area contributed by atoms with Crippen molar-refractivity contribution in [2.24, 2.45) is 0 Å². The van der Waals surface area contributed by atoms with Gasteiger partial charge in [0.1, 0.15) is 16.9 Å². The molecule has 2 nitrogen and oxygen atoms in total. The van der Waals surface area contributed by atoms with E-state index in [4.69, 9.17) is 0 Å². The van der Waals surface area contributed by atoms with Crippen molar-refractivity contribution in [3.05, 3.63) is 96.3 Å². The molecule has 0 fully saturated rings. The molecule has 0 atom stereocenters. The normalized spacial score (nSPS) is 11.4. The quantitative estimate of drug-likeness (QED) is 0.179. The van der Waals surface area contributed by atoms with E-state index in [-0.39, 0.29) is 5.82 Å². The fraction of sp³-hybridized carbons (Fsp3) is 0.161. The zero-order valence-corrected chi connectivity index (χ0v) is 22.9. The number of halogens is 1. The van der Waals surface area contributed by atoms with E-state index in [1.165, 1.54) is 39.9 Å². The first-order valence-electron chi connectivity index (χ1n) is 12.5. The maximum atomic E-state index is 15.0. The van der Waals surface area contributed by atoms with Crippen molar-refractivity contribution in [3.63, 3.8) is 0 Å². The molecule has 184 valence electrons. The molecule has 0 spiro atoms. The summed E-state index contributed by atoms with van der Waals surface area (Å²) in [4.78, 5) is 4.41. The molecule has 0 aliphatic rings. The molecule has 0 saturated heterocycles. The fourth-order valence-electron chi connectivity index (χ4n) is 4.62. The number of fused-ring (bicyclic) bond motifs is 1. The van der Waals surface area contributed by atoms with Crippen LogP contribution in [0.1, 0.15) is 31.7 Å². The Morgan fingerprint density at radius 2 is 1.24 bits per heavy atom. The Labute approximate surface area is 228 Å². The second kappa shape index (κ2) is 10.7. The highest BCUT2D eigenvalue weighted by atomic mass is 32.1. The Balaban J connectivity index is 1.31. The number of thiophene rings is 2. The molecule has 3 heterocycles. The minimum atomic E-state index is -0.148. The Kier molecular flexibility index (Phi) is 6.96. The van der Waals surface area contributed by atoms with E-state index in [2.05, 4.69) is 76.3 Å². The summed E-state index contributed by atoms with van der Waals surface area (Å²) in [6, 6.07) is 28.8. The van der Waals surface area contributed by atoms with Gasteiger partial charge in [-0.15, -0.1) is 22.7 Å². The smallest absolute Gasteiger partial charge is 0.132 e. The summed E-state index contributed by atoms with van der Waals surface area (Å²) in [5, 5.41) is 0. The Bertz CT molecular complexity index is 1660. The van der Waals surface area contributed by atoms with Crippen molar-refractivity contribution >= 4 is 45.4 Å². The number of rotatable bonds is 8. The van der Waals surface area contributed by atoms with Gasteiger partial charge in [0.25, 0.3) is 0 Å². The highest BCUT2D eigenvalue weighted by molar-refractivity contribution is 7.19. The van der Waals surface area contributed by atoms with E-state index < -0.39 is 0 Å². The van der Waals surface area contributed by atoms with E-state index in [1.54, 1.807) is 28.7 Å². The topological polar surface area (TPSA) is 25.8 Å². The van der Waals surface area contributed by atoms with E-state index in [9.17, 15) is 0 Å². The van der Waals surface area contributed by atoms with E-state index in [1.807, 2.05) is 18.2 Å². The van der Waals surface area contributed by atoms with Crippen molar-refractivity contribution < 1.29 is 4.39 Å². The van der Waals surface area contributed by atoms with E-state index in [0.29, 0.717) is 5.56 Å². The summed E-state index contributed by atoms with van der Waals surface area (Å²) in [7, 11) is 0. The largest absolute Gasteiger partial charge is 0.206 e. The predicted octanol–water partition coefficient (Wildman–Crippen LogP) is 10.4. The third-order valence-corrected chi connectivity index (χ3v) is 9.43. The molecule has 0 unspecified atom stereocenters. The monoisotopic (exact) mass is 540 g/mol. The molecule has 0 radical (unpaired) electrons. The predicted molar refractivity (Wildman–Crippen MR) is 158 cm³/mol. The second-order valence-electron chi connectivity index (χ2n) is 9.09. The van der Waals surface area contributed by atoms with Crippen LogP contribution in [-0.4, -0.2) is 8.75 Å². The zero-order chi connectivity index (χ0) is 25.2. The van der Waals surface area contributed by atoms with Gasteiger partial charge in [-0.1, -0.05) is 74.4 Å². The summed E-state index contributed by atoms with van der Waals surface area (Å²) < 4.78 is 24.3. The summed E-state index contributed by atoms with van der Waals surface area (Å²) in [6.07, 6.45) is 4.38. The average molecular weight is 541 g/mol. The third kappa shape index (κ3) is 4.89. The molecular formula is C31H25FN2S3. The van der Waals surface area contributed by atoms with Crippen LogP contribution < -0.4 is 0 Å². The van der Waals surface area contributed by atoms with Gasteiger partial charge in [-0.25, -0.2) is 4.39 Å². The lowest BCUT2D eigenvalue weighted by atomic mass is 10.0. The molecule has 37 heavy (non-hydrogen) atoms. The van der Waals surface area contributed by atoms with E-state index in [0.717, 1.165) is 50.3 Å². The first kappa shape index (κ1) is 24.2. The van der Waals surface area contributed by atoms with Gasteiger partial charge in [0, 0.05) is 36.2 Å². The SMILES string of the molecule is CCCCCc1ccc(-c2ccc(-c3ccc(-c4ccc(-c5ccccc5)s4)c4nsnc34)s2)c(F)c1. The van der Waals surface area contributed by atoms with Crippen LogP contribution in [0.15, 0.2) is 84.9 Å². The Morgan fingerprint density at radius 1 is 0.649 bits per heavy atom. The number of aryl methyl sites for hydroxylation is 1. The van der Waals surface area contributed by atoms with Crippen LogP contribution in [0.25, 0.3) is 52.8 Å². The standard InChI is InChI=1S/C31H25FN2S3/c1-2-3-5-8-20-11-12-22(25(32)19-20)27-17-18-29(36-27)24-14-13-23(30-31(24)34-37-33-30)28-16-15-26(35-28)21-9-6-4-7-10-21/h4,6-7,9-19H,2-3,5,8H2,1H3. The molecule has 0 aliphatic heterocycles. The Hall–Kier alpha value is -3.19. The van der Waals surface area contributed by atoms with Crippen LogP contribution in [0.4, 0.5) is 4.39 Å². The third-order valence-electron chi connectivity index (χ3n) is 6.58. The van der Waals surface area contributed by atoms with Crippen LogP contribution in [-0.2, 0) is 6.42 Å². The molecule has 0 saturated carbocycles. The first-order chi connectivity index (χ1) is 18.2. The maximum absolute atomic E-state index is 15.0. The second-order valence-corrected chi connectivity index (χ2v) is 11.8. The molecule has 0 bridgehead atoms. The number of unbranched alkanes of at least 4 members (excludes halogenated alkanes) is 2.